The van der Waals surface area contributed by atoms with Gasteiger partial charge in [0.2, 0.25) is 0 Å². The Bertz CT molecular complexity index is 662. The van der Waals surface area contributed by atoms with Crippen LogP contribution in [0.4, 0.5) is 10.1 Å². The lowest BCUT2D eigenvalue weighted by molar-refractivity contribution is -0.133. The number of para-hydroxylation sites is 1. The van der Waals surface area contributed by atoms with Gasteiger partial charge in [-0.05, 0) is 37.8 Å². The standard InChI is InChI=1S/C15H16FN3O2/c16-12-5-1-2-6-13(12)19-10-11(9-17-19)18-14(20)15(21)7-3-4-8-15/h1-2,5-6,9-10,21H,3-4,7-8H2,(H,18,20). The SMILES string of the molecule is O=C(Nc1cnn(-c2ccccc2F)c1)C1(O)CCCC1. The van der Waals surface area contributed by atoms with E-state index in [0.29, 0.717) is 24.2 Å². The van der Waals surface area contributed by atoms with Crippen LogP contribution in [0.2, 0.25) is 0 Å². The van der Waals surface area contributed by atoms with Crippen LogP contribution in [0.5, 0.6) is 0 Å². The molecule has 1 aliphatic carbocycles. The highest BCUT2D eigenvalue weighted by molar-refractivity contribution is 5.97. The number of carbonyl (C=O) groups excluding carboxylic acids is 1. The molecule has 0 atom stereocenters. The molecule has 0 unspecified atom stereocenters. The van der Waals surface area contributed by atoms with Crippen LogP contribution in [-0.2, 0) is 4.79 Å². The lowest BCUT2D eigenvalue weighted by atomic mass is 10.0. The van der Waals surface area contributed by atoms with Gasteiger partial charge in [-0.3, -0.25) is 4.79 Å². The summed E-state index contributed by atoms with van der Waals surface area (Å²) in [7, 11) is 0. The van der Waals surface area contributed by atoms with Crippen molar-refractivity contribution in [3.05, 3.63) is 42.5 Å². The van der Waals surface area contributed by atoms with Gasteiger partial charge in [0.05, 0.1) is 18.1 Å². The quantitative estimate of drug-likeness (QED) is 0.910. The highest BCUT2D eigenvalue weighted by Crippen LogP contribution is 2.30. The van der Waals surface area contributed by atoms with Gasteiger partial charge in [0, 0.05) is 0 Å². The third kappa shape index (κ3) is 2.67. The van der Waals surface area contributed by atoms with Gasteiger partial charge >= 0.3 is 0 Å². The first-order valence-corrected chi connectivity index (χ1v) is 6.92. The van der Waals surface area contributed by atoms with Crippen LogP contribution in [0.1, 0.15) is 25.7 Å². The average molecular weight is 289 g/mol. The summed E-state index contributed by atoms with van der Waals surface area (Å²) in [5.41, 5.74) is -0.554. The lowest BCUT2D eigenvalue weighted by Gasteiger charge is -2.20. The van der Waals surface area contributed by atoms with Crippen molar-refractivity contribution in [3.63, 3.8) is 0 Å². The second kappa shape index (κ2) is 5.29. The van der Waals surface area contributed by atoms with Crippen molar-refractivity contribution in [1.29, 1.82) is 0 Å². The zero-order valence-corrected chi connectivity index (χ0v) is 11.4. The molecule has 0 spiro atoms. The van der Waals surface area contributed by atoms with E-state index in [1.807, 2.05) is 0 Å². The fourth-order valence-corrected chi connectivity index (χ4v) is 2.59. The Hall–Kier alpha value is -2.21. The number of rotatable bonds is 3. The number of carbonyl (C=O) groups is 1. The Labute approximate surface area is 121 Å². The Morgan fingerprint density at radius 1 is 1.33 bits per heavy atom. The second-order valence-corrected chi connectivity index (χ2v) is 5.32. The molecule has 1 fully saturated rings. The van der Waals surface area contributed by atoms with Gasteiger partial charge in [0.1, 0.15) is 17.1 Å². The minimum absolute atomic E-state index is 0.303. The van der Waals surface area contributed by atoms with E-state index >= 15 is 0 Å². The first-order chi connectivity index (χ1) is 10.1. The number of nitrogens with one attached hydrogen (secondary N) is 1. The van der Waals surface area contributed by atoms with Crippen LogP contribution in [-0.4, -0.2) is 26.4 Å². The molecule has 1 heterocycles. The first kappa shape index (κ1) is 13.8. The van der Waals surface area contributed by atoms with Crippen LogP contribution < -0.4 is 5.32 Å². The molecule has 1 saturated carbocycles. The summed E-state index contributed by atoms with van der Waals surface area (Å²) in [5.74, 6) is -0.819. The maximum atomic E-state index is 13.7. The van der Waals surface area contributed by atoms with Crippen molar-refractivity contribution in [3.8, 4) is 5.69 Å². The van der Waals surface area contributed by atoms with Crippen LogP contribution in [0.15, 0.2) is 36.7 Å². The van der Waals surface area contributed by atoms with Crippen LogP contribution in [0.25, 0.3) is 5.69 Å². The van der Waals surface area contributed by atoms with Crippen LogP contribution in [0, 0.1) is 5.82 Å². The molecule has 5 nitrogen and oxygen atoms in total. The van der Waals surface area contributed by atoms with E-state index in [-0.39, 0.29) is 0 Å². The maximum Gasteiger partial charge on any atom is 0.256 e. The van der Waals surface area contributed by atoms with Gasteiger partial charge in [-0.1, -0.05) is 12.1 Å². The highest BCUT2D eigenvalue weighted by atomic mass is 19.1. The average Bonchev–Trinajstić information content (AvgIpc) is 3.09. The zero-order valence-electron chi connectivity index (χ0n) is 11.4. The number of hydrogen-bond acceptors (Lipinski definition) is 3. The molecule has 0 bridgehead atoms. The summed E-state index contributed by atoms with van der Waals surface area (Å²) in [5, 5.41) is 16.9. The van der Waals surface area contributed by atoms with Gasteiger partial charge in [0.25, 0.3) is 5.91 Å². The second-order valence-electron chi connectivity index (χ2n) is 5.32. The number of halogens is 1. The Kier molecular flexibility index (Phi) is 3.47. The van der Waals surface area contributed by atoms with Gasteiger partial charge in [-0.25, -0.2) is 9.07 Å². The van der Waals surface area contributed by atoms with Crippen LogP contribution in [0.3, 0.4) is 0 Å². The fourth-order valence-electron chi connectivity index (χ4n) is 2.59. The molecule has 110 valence electrons. The third-order valence-electron chi connectivity index (χ3n) is 3.79. The van der Waals surface area contributed by atoms with Gasteiger partial charge < -0.3 is 10.4 Å². The van der Waals surface area contributed by atoms with Crippen LogP contribution >= 0.6 is 0 Å². The Morgan fingerprint density at radius 2 is 2.05 bits per heavy atom. The third-order valence-corrected chi connectivity index (χ3v) is 3.79. The van der Waals surface area contributed by atoms with Crippen molar-refractivity contribution in [2.75, 3.05) is 5.32 Å². The molecule has 6 heteroatoms. The summed E-state index contributed by atoms with van der Waals surface area (Å²) in [6, 6.07) is 6.25. The molecular formula is C15H16FN3O2. The van der Waals surface area contributed by atoms with E-state index in [1.165, 1.54) is 23.1 Å². The van der Waals surface area contributed by atoms with E-state index in [9.17, 15) is 14.3 Å². The number of nitrogens with zero attached hydrogens (tertiary/aromatic N) is 2. The number of amides is 1. The summed E-state index contributed by atoms with van der Waals surface area (Å²) in [4.78, 5) is 12.1. The first-order valence-electron chi connectivity index (χ1n) is 6.92. The number of aliphatic hydroxyl groups is 1. The molecule has 2 aromatic rings. The topological polar surface area (TPSA) is 67.2 Å². The van der Waals surface area contributed by atoms with Gasteiger partial charge in [-0.15, -0.1) is 0 Å². The van der Waals surface area contributed by atoms with E-state index < -0.39 is 17.3 Å². The van der Waals surface area contributed by atoms with E-state index in [2.05, 4.69) is 10.4 Å². The van der Waals surface area contributed by atoms with Crippen molar-refractivity contribution in [1.82, 2.24) is 9.78 Å². The van der Waals surface area contributed by atoms with Crippen molar-refractivity contribution in [2.24, 2.45) is 0 Å². The monoisotopic (exact) mass is 289 g/mol. The van der Waals surface area contributed by atoms with Gasteiger partial charge in [0.15, 0.2) is 0 Å². The number of anilines is 1. The summed E-state index contributed by atoms with van der Waals surface area (Å²) in [6.45, 7) is 0. The smallest absolute Gasteiger partial charge is 0.256 e. The van der Waals surface area contributed by atoms with Crippen molar-refractivity contribution in [2.45, 2.75) is 31.3 Å². The number of benzene rings is 1. The molecule has 2 N–H and O–H groups in total. The highest BCUT2D eigenvalue weighted by Gasteiger charge is 2.38. The molecule has 1 amide bonds. The van der Waals surface area contributed by atoms with E-state index in [0.717, 1.165) is 12.8 Å². The minimum Gasteiger partial charge on any atom is -0.380 e. The molecule has 0 saturated heterocycles. The zero-order chi connectivity index (χ0) is 14.9. The van der Waals surface area contributed by atoms with Gasteiger partial charge in [-0.2, -0.15) is 5.10 Å². The fraction of sp³-hybridized carbons (Fsp3) is 0.333. The molecule has 3 rings (SSSR count). The van der Waals surface area contributed by atoms with E-state index in [1.54, 1.807) is 18.2 Å². The summed E-state index contributed by atoms with van der Waals surface area (Å²) < 4.78 is 15.0. The molecule has 21 heavy (non-hydrogen) atoms. The number of hydrogen-bond donors (Lipinski definition) is 2. The molecule has 0 aliphatic heterocycles. The minimum atomic E-state index is -1.29. The normalized spacial score (nSPS) is 16.9. The molecule has 1 aromatic heterocycles. The summed E-state index contributed by atoms with van der Waals surface area (Å²) in [6.07, 6.45) is 5.59. The largest absolute Gasteiger partial charge is 0.380 e. The Balaban J connectivity index is 1.77. The van der Waals surface area contributed by atoms with Crippen molar-refractivity contribution < 1.29 is 14.3 Å². The maximum absolute atomic E-state index is 13.7. The lowest BCUT2D eigenvalue weighted by Crippen LogP contribution is -2.40. The molecular weight excluding hydrogens is 273 g/mol. The molecule has 1 aliphatic rings. The number of aromatic nitrogens is 2. The van der Waals surface area contributed by atoms with E-state index in [4.69, 9.17) is 0 Å². The van der Waals surface area contributed by atoms with Crippen molar-refractivity contribution >= 4 is 11.6 Å². The predicted octanol–water partition coefficient (Wildman–Crippen LogP) is 2.25. The summed E-state index contributed by atoms with van der Waals surface area (Å²) >= 11 is 0. The molecule has 1 aromatic carbocycles. The Morgan fingerprint density at radius 3 is 2.76 bits per heavy atom. The predicted molar refractivity (Wildman–Crippen MR) is 75.6 cm³/mol. The molecule has 0 radical (unpaired) electrons.